The zero-order valence-electron chi connectivity index (χ0n) is 25.3. The maximum absolute atomic E-state index is 10.6. The Morgan fingerprint density at radius 2 is 1.02 bits per heavy atom. The monoisotopic (exact) mass is 638 g/mol. The van der Waals surface area contributed by atoms with Crippen LogP contribution in [0.5, 0.6) is 0 Å². The number of aromatic amines is 2. The number of fused-ring (bicyclic) bond motifs is 2. The van der Waals surface area contributed by atoms with Crippen molar-refractivity contribution in [1.29, 1.82) is 0 Å². The van der Waals surface area contributed by atoms with Gasteiger partial charge in [0, 0.05) is 47.0 Å². The van der Waals surface area contributed by atoms with Crippen molar-refractivity contribution in [2.75, 3.05) is 13.1 Å². The van der Waals surface area contributed by atoms with Gasteiger partial charge in [-0.3, -0.25) is 19.2 Å². The average Bonchev–Trinajstić information content (AvgIpc) is 3.86. The van der Waals surface area contributed by atoms with Gasteiger partial charge in [-0.15, -0.1) is 0 Å². The lowest BCUT2D eigenvalue weighted by Gasteiger charge is -2.04. The van der Waals surface area contributed by atoms with Gasteiger partial charge < -0.3 is 52.5 Å². The van der Waals surface area contributed by atoms with Gasteiger partial charge in [-0.25, -0.2) is 0 Å². The highest BCUT2D eigenvalue weighted by molar-refractivity contribution is 5.85. The maximum Gasteiger partial charge on any atom is 0.320 e. The highest BCUT2D eigenvalue weighted by atomic mass is 16.4. The van der Waals surface area contributed by atoms with Gasteiger partial charge in [-0.1, -0.05) is 36.4 Å². The van der Waals surface area contributed by atoms with Crippen LogP contribution < -0.4 is 22.1 Å². The molecule has 6 rings (SSSR count). The van der Waals surface area contributed by atoms with E-state index in [1.54, 1.807) is 0 Å². The Balaban J connectivity index is 0.000000174. The van der Waals surface area contributed by atoms with E-state index in [9.17, 15) is 19.2 Å². The van der Waals surface area contributed by atoms with E-state index in [-0.39, 0.29) is 12.1 Å². The smallest absolute Gasteiger partial charge is 0.320 e. The zero-order valence-corrected chi connectivity index (χ0v) is 25.3. The van der Waals surface area contributed by atoms with Gasteiger partial charge in [-0.2, -0.15) is 0 Å². The van der Waals surface area contributed by atoms with Crippen molar-refractivity contribution in [1.82, 2.24) is 20.6 Å². The molecule has 2 aliphatic rings. The third-order valence-corrected chi connectivity index (χ3v) is 7.58. The number of hydrogen-bond acceptors (Lipinski definition) is 8. The first-order valence-electron chi connectivity index (χ1n) is 15.0. The van der Waals surface area contributed by atoms with E-state index in [1.807, 2.05) is 60.9 Å². The molecule has 46 heavy (non-hydrogen) atoms. The summed E-state index contributed by atoms with van der Waals surface area (Å²) in [5.41, 5.74) is 14.9. The third kappa shape index (κ3) is 10.7. The Bertz CT molecular complexity index is 1470. The average molecular weight is 639 g/mol. The molecular formula is C32H42N6O8. The molecule has 0 amide bonds. The zero-order chi connectivity index (χ0) is 33.6. The molecule has 4 heterocycles. The molecule has 4 aromatic rings. The largest absolute Gasteiger partial charge is 0.480 e. The predicted octanol–water partition coefficient (Wildman–Crippen LogP) is 1.89. The number of carbonyl (C=O) groups is 4. The number of benzene rings is 2. The normalized spacial score (nSPS) is 18.2. The molecule has 0 radical (unpaired) electrons. The minimum Gasteiger partial charge on any atom is -0.480 e. The van der Waals surface area contributed by atoms with E-state index < -0.39 is 36.0 Å². The molecule has 2 aromatic heterocycles. The number of aliphatic carboxylic acids is 4. The fourth-order valence-electron chi connectivity index (χ4n) is 5.04. The lowest BCUT2D eigenvalue weighted by molar-refractivity contribution is -0.140. The van der Waals surface area contributed by atoms with Crippen LogP contribution in [0.2, 0.25) is 0 Å². The highest BCUT2D eigenvalue weighted by Gasteiger charge is 2.21. The van der Waals surface area contributed by atoms with Crippen molar-refractivity contribution in [3.8, 4) is 0 Å². The maximum atomic E-state index is 10.6. The van der Waals surface area contributed by atoms with E-state index in [1.165, 1.54) is 0 Å². The summed E-state index contributed by atoms with van der Waals surface area (Å²) in [5.74, 6) is -3.38. The Labute approximate surface area is 265 Å². The summed E-state index contributed by atoms with van der Waals surface area (Å²) < 4.78 is 0. The van der Waals surface area contributed by atoms with Gasteiger partial charge in [0.05, 0.1) is 0 Å². The summed E-state index contributed by atoms with van der Waals surface area (Å²) in [6.07, 6.45) is 7.89. The first-order chi connectivity index (χ1) is 22.0. The summed E-state index contributed by atoms with van der Waals surface area (Å²) >= 11 is 0. The summed E-state index contributed by atoms with van der Waals surface area (Å²) in [4.78, 5) is 47.7. The summed E-state index contributed by atoms with van der Waals surface area (Å²) in [5, 5.41) is 41.9. The molecule has 14 nitrogen and oxygen atoms in total. The Hall–Kier alpha value is -4.76. The molecule has 0 aliphatic carbocycles. The van der Waals surface area contributed by atoms with Crippen LogP contribution >= 0.6 is 0 Å². The highest BCUT2D eigenvalue weighted by Crippen LogP contribution is 2.19. The van der Waals surface area contributed by atoms with E-state index in [2.05, 4.69) is 20.6 Å². The summed E-state index contributed by atoms with van der Waals surface area (Å²) in [7, 11) is 0. The predicted molar refractivity (Wildman–Crippen MR) is 173 cm³/mol. The molecule has 4 atom stereocenters. The van der Waals surface area contributed by atoms with Crippen molar-refractivity contribution < 1.29 is 39.6 Å². The van der Waals surface area contributed by atoms with Gasteiger partial charge in [0.15, 0.2) is 0 Å². The van der Waals surface area contributed by atoms with Gasteiger partial charge in [0.1, 0.15) is 24.2 Å². The number of rotatable bonds is 8. The molecule has 14 heteroatoms. The number of carboxylic acids is 4. The van der Waals surface area contributed by atoms with Crippen LogP contribution in [0.3, 0.4) is 0 Å². The second kappa shape index (κ2) is 17.7. The third-order valence-electron chi connectivity index (χ3n) is 7.58. The number of nitrogens with two attached hydrogens (primary N) is 2. The minimum atomic E-state index is -0.972. The molecule has 0 unspecified atom stereocenters. The molecule has 0 bridgehead atoms. The van der Waals surface area contributed by atoms with Crippen molar-refractivity contribution in [3.63, 3.8) is 0 Å². The summed E-state index contributed by atoms with van der Waals surface area (Å²) in [6, 6.07) is 13.3. The van der Waals surface area contributed by atoms with Crippen molar-refractivity contribution in [3.05, 3.63) is 72.1 Å². The number of aromatic nitrogens is 2. The lowest BCUT2D eigenvalue weighted by Crippen LogP contribution is -2.32. The standard InChI is InChI=1S/2C11H12N2O2.2C5H9NO2/c2*12-9(11(14)15)5-7-6-13-10-4-2-1-3-8(7)10;2*7-5(8)4-2-1-3-6-4/h2*1-4,6,9,13H,5,12H2,(H,14,15);2*4,6H,1-3H2,(H,7,8)/t2*9-;2*4-/m0000/s1. The van der Waals surface area contributed by atoms with Crippen molar-refractivity contribution >= 4 is 45.7 Å². The number of carboxylic acid groups (broad SMARTS) is 4. The van der Waals surface area contributed by atoms with Crippen LogP contribution in [-0.4, -0.2) is 91.5 Å². The first-order valence-corrected chi connectivity index (χ1v) is 15.0. The molecule has 248 valence electrons. The topological polar surface area (TPSA) is 257 Å². The fourth-order valence-corrected chi connectivity index (χ4v) is 5.04. The number of hydrogen-bond donors (Lipinski definition) is 10. The molecule has 12 N–H and O–H groups in total. The molecule has 2 aliphatic heterocycles. The Morgan fingerprint density at radius 1 is 0.652 bits per heavy atom. The van der Waals surface area contributed by atoms with Crippen molar-refractivity contribution in [2.45, 2.75) is 62.7 Å². The molecule has 0 saturated carbocycles. The molecule has 0 spiro atoms. The molecular weight excluding hydrogens is 596 g/mol. The molecule has 2 saturated heterocycles. The fraction of sp³-hybridized carbons (Fsp3) is 0.375. The second-order valence-electron chi connectivity index (χ2n) is 11.0. The minimum absolute atomic E-state index is 0.269. The van der Waals surface area contributed by atoms with Crippen LogP contribution in [0.15, 0.2) is 60.9 Å². The van der Waals surface area contributed by atoms with Crippen LogP contribution in [0.1, 0.15) is 36.8 Å². The van der Waals surface area contributed by atoms with Gasteiger partial charge >= 0.3 is 23.9 Å². The van der Waals surface area contributed by atoms with Crippen molar-refractivity contribution in [2.24, 2.45) is 11.5 Å². The Morgan fingerprint density at radius 3 is 1.30 bits per heavy atom. The van der Waals surface area contributed by atoms with E-state index in [0.717, 1.165) is 71.7 Å². The second-order valence-corrected chi connectivity index (χ2v) is 11.0. The van der Waals surface area contributed by atoms with Gasteiger partial charge in [0.25, 0.3) is 0 Å². The molecule has 2 aromatic carbocycles. The quantitative estimate of drug-likeness (QED) is 0.133. The van der Waals surface area contributed by atoms with Crippen LogP contribution in [-0.2, 0) is 32.0 Å². The van der Waals surface area contributed by atoms with E-state index in [4.69, 9.17) is 31.9 Å². The van der Waals surface area contributed by atoms with E-state index >= 15 is 0 Å². The summed E-state index contributed by atoms with van der Waals surface area (Å²) in [6.45, 7) is 1.72. The lowest BCUT2D eigenvalue weighted by atomic mass is 10.1. The molecule has 2 fully saturated rings. The van der Waals surface area contributed by atoms with Gasteiger partial charge in [0.2, 0.25) is 0 Å². The van der Waals surface area contributed by atoms with Crippen LogP contribution in [0.4, 0.5) is 0 Å². The SMILES string of the molecule is N[C@@H](Cc1c[nH]c2ccccc12)C(=O)O.N[C@@H](Cc1c[nH]c2ccccc12)C(=O)O.O=C(O)[C@@H]1CCCN1.O=C(O)[C@@H]1CCCN1. The Kier molecular flexibility index (Phi) is 13.7. The van der Waals surface area contributed by atoms with Crippen LogP contribution in [0, 0.1) is 0 Å². The van der Waals surface area contributed by atoms with E-state index in [0.29, 0.717) is 12.8 Å². The first kappa shape index (κ1) is 35.7. The van der Waals surface area contributed by atoms with Gasteiger partial charge in [-0.05, 0) is 62.0 Å². The number of H-pyrrole nitrogens is 2. The van der Waals surface area contributed by atoms with Crippen LogP contribution in [0.25, 0.3) is 21.8 Å². The number of para-hydroxylation sites is 2. The number of nitrogens with one attached hydrogen (secondary N) is 4.